The quantitative estimate of drug-likeness (QED) is 0.285. The second-order valence-corrected chi connectivity index (χ2v) is 3.76. The lowest BCUT2D eigenvalue weighted by Gasteiger charge is -2.09. The molecule has 6 heavy (non-hydrogen) atoms. The first-order valence-corrected chi connectivity index (χ1v) is 2.92. The van der Waals surface area contributed by atoms with Gasteiger partial charge in [-0.1, -0.05) is 29.4 Å². The highest BCUT2D eigenvalue weighted by molar-refractivity contribution is 14.1. The Morgan fingerprint density at radius 1 is 1.83 bits per heavy atom. The van der Waals surface area contributed by atoms with Crippen LogP contribution in [0.5, 0.6) is 0 Å². The van der Waals surface area contributed by atoms with Crippen molar-refractivity contribution >= 4 is 29.9 Å². The van der Waals surface area contributed by atoms with Crippen molar-refractivity contribution < 1.29 is 0 Å². The van der Waals surface area contributed by atoms with Crippen LogP contribution in [0.1, 0.15) is 6.92 Å². The fourth-order valence-electron chi connectivity index (χ4n) is 0. The summed E-state index contributed by atoms with van der Waals surface area (Å²) in [7, 11) is 1.95. The normalized spacial score (nSPS) is 19.3. The molecular formula is C3H8BIN. The molecular weight excluding hydrogens is 188 g/mol. The highest BCUT2D eigenvalue weighted by atomic mass is 127. The zero-order chi connectivity index (χ0) is 5.21. The third-order valence-corrected chi connectivity index (χ3v) is 1.19. The lowest BCUT2D eigenvalue weighted by atomic mass is 9.74. The minimum absolute atomic E-state index is 0.113. The van der Waals surface area contributed by atoms with E-state index in [1.807, 2.05) is 21.0 Å². The number of alkyl halides is 1. The second kappa shape index (κ2) is 2.16. The van der Waals surface area contributed by atoms with Crippen LogP contribution < -0.4 is 5.73 Å². The topological polar surface area (TPSA) is 26.0 Å². The minimum Gasteiger partial charge on any atom is -0.324 e. The van der Waals surface area contributed by atoms with Crippen LogP contribution >= 0.6 is 22.6 Å². The SMILES string of the molecule is C[B][C@@](C)(N)I. The van der Waals surface area contributed by atoms with Crippen LogP contribution in [0.2, 0.25) is 6.82 Å². The fraction of sp³-hybridized carbons (Fsp3) is 1.00. The third kappa shape index (κ3) is 4.75. The lowest BCUT2D eigenvalue weighted by Crippen LogP contribution is -2.33. The molecule has 0 amide bonds. The Balaban J connectivity index is 3.17. The first-order valence-electron chi connectivity index (χ1n) is 1.84. The van der Waals surface area contributed by atoms with Gasteiger partial charge in [0.15, 0.2) is 0 Å². The molecule has 0 saturated carbocycles. The van der Waals surface area contributed by atoms with E-state index in [2.05, 4.69) is 22.6 Å². The largest absolute Gasteiger partial charge is 0.324 e. The molecule has 1 radical (unpaired) electrons. The predicted octanol–water partition coefficient (Wildman–Crippen LogP) is 0.806. The van der Waals surface area contributed by atoms with Crippen LogP contribution in [-0.4, -0.2) is 10.7 Å². The maximum atomic E-state index is 5.47. The van der Waals surface area contributed by atoms with Gasteiger partial charge < -0.3 is 5.73 Å². The molecule has 0 aromatic rings. The summed E-state index contributed by atoms with van der Waals surface area (Å²) >= 11 is 2.16. The van der Waals surface area contributed by atoms with E-state index in [0.29, 0.717) is 0 Å². The smallest absolute Gasteiger partial charge is 0.146 e. The highest BCUT2D eigenvalue weighted by Gasteiger charge is 2.07. The minimum atomic E-state index is -0.113. The number of rotatable bonds is 1. The Morgan fingerprint density at radius 2 is 2.00 bits per heavy atom. The molecule has 35 valence electrons. The summed E-state index contributed by atoms with van der Waals surface area (Å²) in [5, 5.41) is 0. The molecule has 1 atom stereocenters. The van der Waals surface area contributed by atoms with E-state index in [1.165, 1.54) is 0 Å². The molecule has 0 bridgehead atoms. The molecule has 0 aliphatic rings. The molecule has 0 rings (SSSR count). The third-order valence-electron chi connectivity index (χ3n) is 0.564. The van der Waals surface area contributed by atoms with Crippen LogP contribution in [0.25, 0.3) is 0 Å². The van der Waals surface area contributed by atoms with E-state index in [9.17, 15) is 0 Å². The summed E-state index contributed by atoms with van der Waals surface area (Å²) in [5.74, 6) is 0. The molecule has 0 spiro atoms. The maximum Gasteiger partial charge on any atom is 0.146 e. The van der Waals surface area contributed by atoms with Crippen LogP contribution in [0, 0.1) is 0 Å². The van der Waals surface area contributed by atoms with Gasteiger partial charge in [0.1, 0.15) is 7.28 Å². The second-order valence-electron chi connectivity index (χ2n) is 1.44. The van der Waals surface area contributed by atoms with E-state index in [-0.39, 0.29) is 3.45 Å². The predicted molar refractivity (Wildman–Crippen MR) is 38.2 cm³/mol. The first-order chi connectivity index (χ1) is 2.56. The number of halogens is 1. The van der Waals surface area contributed by atoms with Crippen LogP contribution in [0.4, 0.5) is 0 Å². The summed E-state index contributed by atoms with van der Waals surface area (Å²) in [4.78, 5) is 0. The van der Waals surface area contributed by atoms with E-state index in [4.69, 9.17) is 5.73 Å². The Bertz CT molecular complexity index is 40.5. The van der Waals surface area contributed by atoms with Gasteiger partial charge in [-0.2, -0.15) is 0 Å². The number of hydrogen-bond acceptors (Lipinski definition) is 1. The van der Waals surface area contributed by atoms with Gasteiger partial charge >= 0.3 is 0 Å². The highest BCUT2D eigenvalue weighted by Crippen LogP contribution is 2.05. The van der Waals surface area contributed by atoms with Gasteiger partial charge in [-0.15, -0.1) is 0 Å². The zero-order valence-electron chi connectivity index (χ0n) is 4.03. The lowest BCUT2D eigenvalue weighted by molar-refractivity contribution is 0.980. The van der Waals surface area contributed by atoms with Crippen molar-refractivity contribution in [3.8, 4) is 0 Å². The standard InChI is InChI=1S/C3H8BIN/c1-3(5,6)4-2/h6H2,1-2H3/t3-/m1/s1. The Morgan fingerprint density at radius 3 is 2.00 bits per heavy atom. The summed E-state index contributed by atoms with van der Waals surface area (Å²) < 4.78 is -0.113. The fourth-order valence-corrected chi connectivity index (χ4v) is 0. The molecule has 1 nitrogen and oxygen atoms in total. The van der Waals surface area contributed by atoms with E-state index in [1.54, 1.807) is 0 Å². The van der Waals surface area contributed by atoms with Gasteiger partial charge in [0.2, 0.25) is 0 Å². The van der Waals surface area contributed by atoms with Crippen molar-refractivity contribution in [2.45, 2.75) is 17.2 Å². The van der Waals surface area contributed by atoms with Gasteiger partial charge in [-0.05, 0) is 6.92 Å². The summed E-state index contributed by atoms with van der Waals surface area (Å²) in [6.07, 6.45) is 0. The van der Waals surface area contributed by atoms with Crippen molar-refractivity contribution in [2.75, 3.05) is 0 Å². The Labute approximate surface area is 53.1 Å². The van der Waals surface area contributed by atoms with Crippen LogP contribution in [0.3, 0.4) is 0 Å². The van der Waals surface area contributed by atoms with Crippen LogP contribution in [-0.2, 0) is 0 Å². The average molecular weight is 196 g/mol. The van der Waals surface area contributed by atoms with Crippen molar-refractivity contribution in [2.24, 2.45) is 5.73 Å². The molecule has 0 aliphatic carbocycles. The van der Waals surface area contributed by atoms with Gasteiger partial charge in [-0.25, -0.2) is 0 Å². The summed E-state index contributed by atoms with van der Waals surface area (Å²) in [6, 6.07) is 0. The average Bonchev–Trinajstić information content (AvgIpc) is 1.35. The number of nitrogens with two attached hydrogens (primary N) is 1. The molecule has 3 heteroatoms. The van der Waals surface area contributed by atoms with Gasteiger partial charge in [0.25, 0.3) is 0 Å². The van der Waals surface area contributed by atoms with Crippen molar-refractivity contribution in [3.05, 3.63) is 0 Å². The monoisotopic (exact) mass is 196 g/mol. The van der Waals surface area contributed by atoms with Gasteiger partial charge in [0, 0.05) is 3.45 Å². The molecule has 0 aromatic heterocycles. The Kier molecular flexibility index (Phi) is 2.44. The maximum absolute atomic E-state index is 5.47. The molecule has 0 fully saturated rings. The van der Waals surface area contributed by atoms with Crippen molar-refractivity contribution in [1.29, 1.82) is 0 Å². The van der Waals surface area contributed by atoms with E-state index in [0.717, 1.165) is 0 Å². The Hall–Kier alpha value is 0.755. The zero-order valence-corrected chi connectivity index (χ0v) is 6.19. The van der Waals surface area contributed by atoms with Crippen LogP contribution in [0.15, 0.2) is 0 Å². The first kappa shape index (κ1) is 6.75. The molecule has 0 aliphatic heterocycles. The van der Waals surface area contributed by atoms with Crippen molar-refractivity contribution in [3.63, 3.8) is 0 Å². The molecule has 0 aromatic carbocycles. The molecule has 0 unspecified atom stereocenters. The molecule has 2 N–H and O–H groups in total. The van der Waals surface area contributed by atoms with E-state index < -0.39 is 0 Å². The van der Waals surface area contributed by atoms with E-state index >= 15 is 0 Å². The number of hydrogen-bond donors (Lipinski definition) is 1. The van der Waals surface area contributed by atoms with Gasteiger partial charge in [-0.3, -0.25) is 0 Å². The van der Waals surface area contributed by atoms with Crippen molar-refractivity contribution in [1.82, 2.24) is 0 Å². The molecule has 0 saturated heterocycles. The summed E-state index contributed by atoms with van der Waals surface area (Å²) in [6.45, 7) is 3.90. The molecule has 0 heterocycles. The van der Waals surface area contributed by atoms with Gasteiger partial charge in [0.05, 0.1) is 0 Å². The summed E-state index contributed by atoms with van der Waals surface area (Å²) in [5.41, 5.74) is 5.47.